The van der Waals surface area contributed by atoms with Crippen LogP contribution in [0.1, 0.15) is 52.4 Å². The quantitative estimate of drug-likeness (QED) is 0.350. The van der Waals surface area contributed by atoms with Gasteiger partial charge in [-0.15, -0.1) is 0 Å². The summed E-state index contributed by atoms with van der Waals surface area (Å²) in [5.74, 6) is -0.495. The van der Waals surface area contributed by atoms with Crippen molar-refractivity contribution in [2.75, 3.05) is 12.7 Å². The van der Waals surface area contributed by atoms with Crippen LogP contribution >= 0.6 is 11.6 Å². The molecule has 0 aliphatic heterocycles. The minimum absolute atomic E-state index is 0.0360. The van der Waals surface area contributed by atoms with Crippen molar-refractivity contribution in [2.24, 2.45) is 5.92 Å². The third-order valence-corrected chi connectivity index (χ3v) is 2.74. The van der Waals surface area contributed by atoms with Gasteiger partial charge >= 0.3 is 11.9 Å². The van der Waals surface area contributed by atoms with Gasteiger partial charge in [-0.3, -0.25) is 9.59 Å². The van der Waals surface area contributed by atoms with Gasteiger partial charge in [0, 0.05) is 6.42 Å². The molecule has 0 spiro atoms. The third kappa shape index (κ3) is 9.28. The SMILES string of the molecule is CCCCC(C)C(=O)OCCCCC(=O)OCCl. The molecular formula is C13H23ClO4. The first-order chi connectivity index (χ1) is 8.61. The van der Waals surface area contributed by atoms with Crippen LogP contribution in [0.2, 0.25) is 0 Å². The van der Waals surface area contributed by atoms with Crippen molar-refractivity contribution in [3.8, 4) is 0 Å². The smallest absolute Gasteiger partial charge is 0.308 e. The summed E-state index contributed by atoms with van der Waals surface area (Å²) in [5, 5.41) is 0. The van der Waals surface area contributed by atoms with Gasteiger partial charge in [-0.05, 0) is 19.3 Å². The molecule has 0 heterocycles. The lowest BCUT2D eigenvalue weighted by molar-refractivity contribution is -0.148. The van der Waals surface area contributed by atoms with E-state index in [1.54, 1.807) is 0 Å². The number of unbranched alkanes of at least 4 members (excludes halogenated alkanes) is 2. The molecule has 0 amide bonds. The van der Waals surface area contributed by atoms with Gasteiger partial charge in [0.15, 0.2) is 6.07 Å². The summed E-state index contributed by atoms with van der Waals surface area (Å²) < 4.78 is 9.70. The minimum Gasteiger partial charge on any atom is -0.465 e. The van der Waals surface area contributed by atoms with E-state index in [4.69, 9.17) is 16.3 Å². The lowest BCUT2D eigenvalue weighted by Gasteiger charge is -2.10. The lowest BCUT2D eigenvalue weighted by atomic mass is 10.1. The summed E-state index contributed by atoms with van der Waals surface area (Å²) in [5.41, 5.74) is 0. The van der Waals surface area contributed by atoms with Gasteiger partial charge in [-0.2, -0.15) is 0 Å². The first-order valence-corrected chi connectivity index (χ1v) is 7.03. The molecule has 0 saturated carbocycles. The van der Waals surface area contributed by atoms with Gasteiger partial charge in [0.1, 0.15) is 0 Å². The summed E-state index contributed by atoms with van der Waals surface area (Å²) >= 11 is 5.24. The Hall–Kier alpha value is -0.770. The van der Waals surface area contributed by atoms with Gasteiger partial charge in [-0.25, -0.2) is 0 Å². The predicted octanol–water partition coefficient (Wildman–Crippen LogP) is 3.27. The van der Waals surface area contributed by atoms with Crippen molar-refractivity contribution < 1.29 is 19.1 Å². The standard InChI is InChI=1S/C13H23ClO4/c1-3-4-7-11(2)13(16)17-9-6-5-8-12(15)18-10-14/h11H,3-10H2,1-2H3. The molecule has 1 atom stereocenters. The first-order valence-electron chi connectivity index (χ1n) is 6.50. The maximum absolute atomic E-state index is 11.5. The van der Waals surface area contributed by atoms with Crippen molar-refractivity contribution >= 4 is 23.5 Å². The van der Waals surface area contributed by atoms with Gasteiger partial charge in [0.25, 0.3) is 0 Å². The number of alkyl halides is 1. The third-order valence-electron chi connectivity index (χ3n) is 2.63. The molecule has 0 aromatic heterocycles. The molecule has 0 radical (unpaired) electrons. The van der Waals surface area contributed by atoms with E-state index in [0.29, 0.717) is 25.9 Å². The highest BCUT2D eigenvalue weighted by Crippen LogP contribution is 2.10. The highest BCUT2D eigenvalue weighted by molar-refractivity contribution is 6.17. The van der Waals surface area contributed by atoms with Crippen molar-refractivity contribution in [1.29, 1.82) is 0 Å². The number of rotatable bonds is 10. The average Bonchev–Trinajstić information content (AvgIpc) is 2.35. The molecule has 0 fully saturated rings. The molecular weight excluding hydrogens is 256 g/mol. The Morgan fingerprint density at radius 3 is 2.50 bits per heavy atom. The first kappa shape index (κ1) is 17.2. The van der Waals surface area contributed by atoms with Crippen LogP contribution in [0, 0.1) is 5.92 Å². The van der Waals surface area contributed by atoms with E-state index in [-0.39, 0.29) is 23.9 Å². The Morgan fingerprint density at radius 2 is 1.89 bits per heavy atom. The lowest BCUT2D eigenvalue weighted by Crippen LogP contribution is -2.15. The summed E-state index contributed by atoms with van der Waals surface area (Å²) in [6.45, 7) is 4.34. The van der Waals surface area contributed by atoms with E-state index in [0.717, 1.165) is 19.3 Å². The highest BCUT2D eigenvalue weighted by Gasteiger charge is 2.13. The number of carbonyl (C=O) groups excluding carboxylic acids is 2. The van der Waals surface area contributed by atoms with Crippen molar-refractivity contribution in [3.63, 3.8) is 0 Å². The van der Waals surface area contributed by atoms with Gasteiger partial charge in [0.2, 0.25) is 0 Å². The Balaban J connectivity index is 3.48. The normalized spacial score (nSPS) is 11.9. The van der Waals surface area contributed by atoms with Gasteiger partial charge in [-0.1, -0.05) is 38.3 Å². The fraction of sp³-hybridized carbons (Fsp3) is 0.846. The maximum Gasteiger partial charge on any atom is 0.308 e. The number of hydrogen-bond acceptors (Lipinski definition) is 4. The molecule has 0 bridgehead atoms. The van der Waals surface area contributed by atoms with Gasteiger partial charge < -0.3 is 9.47 Å². The summed E-state index contributed by atoms with van der Waals surface area (Å²) in [6.07, 6.45) is 4.63. The van der Waals surface area contributed by atoms with Crippen LogP contribution in [-0.4, -0.2) is 24.6 Å². The van der Waals surface area contributed by atoms with Crippen LogP contribution in [0.15, 0.2) is 0 Å². The van der Waals surface area contributed by atoms with Crippen LogP contribution in [-0.2, 0) is 19.1 Å². The molecule has 5 heteroatoms. The Kier molecular flexibility index (Phi) is 10.8. The molecule has 0 aromatic rings. The number of halogens is 1. The number of ether oxygens (including phenoxy) is 2. The van der Waals surface area contributed by atoms with E-state index in [1.807, 2.05) is 6.92 Å². The maximum atomic E-state index is 11.5. The molecule has 18 heavy (non-hydrogen) atoms. The Morgan fingerprint density at radius 1 is 1.17 bits per heavy atom. The molecule has 106 valence electrons. The molecule has 0 saturated heterocycles. The van der Waals surface area contributed by atoms with E-state index in [1.165, 1.54) is 0 Å². The van der Waals surface area contributed by atoms with E-state index >= 15 is 0 Å². The fourth-order valence-electron chi connectivity index (χ4n) is 1.45. The molecule has 0 aromatic carbocycles. The molecule has 1 unspecified atom stereocenters. The van der Waals surface area contributed by atoms with Crippen molar-refractivity contribution in [3.05, 3.63) is 0 Å². The topological polar surface area (TPSA) is 52.6 Å². The number of hydrogen-bond donors (Lipinski definition) is 0. The van der Waals surface area contributed by atoms with E-state index in [2.05, 4.69) is 11.7 Å². The summed E-state index contributed by atoms with van der Waals surface area (Å²) in [4.78, 5) is 22.5. The molecule has 4 nitrogen and oxygen atoms in total. The number of carbonyl (C=O) groups is 2. The van der Waals surface area contributed by atoms with Gasteiger partial charge in [0.05, 0.1) is 12.5 Å². The van der Waals surface area contributed by atoms with E-state index < -0.39 is 0 Å². The molecule has 0 rings (SSSR count). The zero-order valence-electron chi connectivity index (χ0n) is 11.2. The van der Waals surface area contributed by atoms with Crippen LogP contribution in [0.5, 0.6) is 0 Å². The molecule has 0 N–H and O–H groups in total. The highest BCUT2D eigenvalue weighted by atomic mass is 35.5. The second-order valence-corrected chi connectivity index (χ2v) is 4.51. The van der Waals surface area contributed by atoms with Crippen LogP contribution in [0.25, 0.3) is 0 Å². The zero-order valence-corrected chi connectivity index (χ0v) is 12.0. The molecule has 0 aliphatic carbocycles. The fourth-order valence-corrected chi connectivity index (χ4v) is 1.57. The van der Waals surface area contributed by atoms with Crippen LogP contribution in [0.3, 0.4) is 0 Å². The van der Waals surface area contributed by atoms with Crippen molar-refractivity contribution in [1.82, 2.24) is 0 Å². The Bertz CT molecular complexity index is 243. The summed E-state index contributed by atoms with van der Waals surface area (Å²) in [7, 11) is 0. The monoisotopic (exact) mass is 278 g/mol. The second-order valence-electron chi connectivity index (χ2n) is 4.29. The minimum atomic E-state index is -0.312. The average molecular weight is 279 g/mol. The largest absolute Gasteiger partial charge is 0.465 e. The van der Waals surface area contributed by atoms with Crippen LogP contribution < -0.4 is 0 Å². The van der Waals surface area contributed by atoms with Crippen molar-refractivity contribution in [2.45, 2.75) is 52.4 Å². The number of esters is 2. The van der Waals surface area contributed by atoms with Crippen LogP contribution in [0.4, 0.5) is 0 Å². The predicted molar refractivity (Wildman–Crippen MR) is 70.3 cm³/mol. The van der Waals surface area contributed by atoms with E-state index in [9.17, 15) is 9.59 Å². The molecule has 0 aliphatic rings. The zero-order chi connectivity index (χ0) is 13.8. The second kappa shape index (κ2) is 11.3. The summed E-state index contributed by atoms with van der Waals surface area (Å²) in [6, 6.07) is -0.108. The Labute approximate surface area is 114 Å².